The van der Waals surface area contributed by atoms with Gasteiger partial charge < -0.3 is 15.4 Å². The number of nitrogens with zero attached hydrogens (tertiary/aromatic N) is 3. The summed E-state index contributed by atoms with van der Waals surface area (Å²) in [6, 6.07) is 2.13. The fourth-order valence-electron chi connectivity index (χ4n) is 2.49. The third-order valence-electron chi connectivity index (χ3n) is 3.72. The Morgan fingerprint density at radius 1 is 1.40 bits per heavy atom. The molecule has 3 heterocycles. The van der Waals surface area contributed by atoms with Crippen LogP contribution in [-0.2, 0) is 6.42 Å². The molecule has 0 radical (unpaired) electrons. The highest BCUT2D eigenvalue weighted by Gasteiger charge is 2.20. The van der Waals surface area contributed by atoms with Crippen molar-refractivity contribution in [2.45, 2.75) is 32.3 Å². The normalized spacial score (nSPS) is 17.7. The number of ether oxygens (including phenoxy) is 1. The van der Waals surface area contributed by atoms with Crippen LogP contribution in [0, 0.1) is 0 Å². The molecular formula is C14H20N4OS. The van der Waals surface area contributed by atoms with E-state index in [1.165, 1.54) is 4.88 Å². The van der Waals surface area contributed by atoms with Crippen LogP contribution in [0.4, 0.5) is 5.95 Å². The lowest BCUT2D eigenvalue weighted by atomic mass is 10.1. The van der Waals surface area contributed by atoms with Crippen molar-refractivity contribution in [2.75, 3.05) is 25.9 Å². The minimum Gasteiger partial charge on any atom is -0.474 e. The molecule has 2 aromatic rings. The van der Waals surface area contributed by atoms with Gasteiger partial charge in [0, 0.05) is 18.0 Å². The molecule has 1 saturated heterocycles. The molecule has 3 rings (SSSR count). The van der Waals surface area contributed by atoms with Crippen molar-refractivity contribution < 1.29 is 4.74 Å². The first-order chi connectivity index (χ1) is 9.65. The van der Waals surface area contributed by atoms with E-state index < -0.39 is 0 Å². The molecule has 2 aromatic heterocycles. The average molecular weight is 292 g/mol. The second-order valence-electron chi connectivity index (χ2n) is 5.29. The minimum absolute atomic E-state index is 0.230. The van der Waals surface area contributed by atoms with Crippen LogP contribution in [0.5, 0.6) is 5.88 Å². The zero-order chi connectivity index (χ0) is 14.1. The number of fused-ring (bicyclic) bond motifs is 1. The molecule has 1 aliphatic rings. The van der Waals surface area contributed by atoms with Gasteiger partial charge in [-0.3, -0.25) is 0 Å². The SMILES string of the molecule is CCc1cc2c(OC3CCN(C)CC3)nc(N)nc2s1. The largest absolute Gasteiger partial charge is 0.474 e. The highest BCUT2D eigenvalue weighted by Crippen LogP contribution is 2.32. The van der Waals surface area contributed by atoms with Crippen LogP contribution in [0.15, 0.2) is 6.07 Å². The smallest absolute Gasteiger partial charge is 0.227 e. The zero-order valence-electron chi connectivity index (χ0n) is 11.9. The van der Waals surface area contributed by atoms with Crippen molar-refractivity contribution in [1.82, 2.24) is 14.9 Å². The van der Waals surface area contributed by atoms with E-state index in [0.29, 0.717) is 11.8 Å². The van der Waals surface area contributed by atoms with E-state index >= 15 is 0 Å². The molecule has 0 unspecified atom stereocenters. The Bertz CT molecular complexity index is 604. The number of nitrogen functional groups attached to an aromatic ring is 1. The number of rotatable bonds is 3. The molecule has 108 valence electrons. The van der Waals surface area contributed by atoms with E-state index in [-0.39, 0.29) is 6.10 Å². The van der Waals surface area contributed by atoms with E-state index in [0.717, 1.165) is 42.6 Å². The van der Waals surface area contributed by atoms with E-state index in [1.807, 2.05) is 0 Å². The highest BCUT2D eigenvalue weighted by atomic mass is 32.1. The van der Waals surface area contributed by atoms with Gasteiger partial charge in [-0.25, -0.2) is 4.98 Å². The lowest BCUT2D eigenvalue weighted by Gasteiger charge is -2.29. The molecule has 0 saturated carbocycles. The Kier molecular flexibility index (Phi) is 3.76. The molecular weight excluding hydrogens is 272 g/mol. The number of anilines is 1. The van der Waals surface area contributed by atoms with Crippen molar-refractivity contribution >= 4 is 27.5 Å². The first-order valence-electron chi connectivity index (χ1n) is 7.07. The Morgan fingerprint density at radius 2 is 2.15 bits per heavy atom. The van der Waals surface area contributed by atoms with Crippen LogP contribution in [0.2, 0.25) is 0 Å². The van der Waals surface area contributed by atoms with Gasteiger partial charge >= 0.3 is 0 Å². The first kappa shape index (κ1) is 13.6. The lowest BCUT2D eigenvalue weighted by molar-refractivity contribution is 0.111. The molecule has 6 heteroatoms. The van der Waals surface area contributed by atoms with E-state index in [2.05, 4.69) is 34.9 Å². The second-order valence-corrected chi connectivity index (χ2v) is 6.41. The highest BCUT2D eigenvalue weighted by molar-refractivity contribution is 7.18. The molecule has 2 N–H and O–H groups in total. The quantitative estimate of drug-likeness (QED) is 0.940. The summed E-state index contributed by atoms with van der Waals surface area (Å²) in [5, 5.41) is 1.000. The molecule has 0 spiro atoms. The molecule has 0 aliphatic carbocycles. The third kappa shape index (κ3) is 2.71. The van der Waals surface area contributed by atoms with Gasteiger partial charge in [-0.1, -0.05) is 6.92 Å². The van der Waals surface area contributed by atoms with E-state index in [1.54, 1.807) is 11.3 Å². The van der Waals surface area contributed by atoms with Crippen molar-refractivity contribution in [2.24, 2.45) is 0 Å². The van der Waals surface area contributed by atoms with E-state index in [9.17, 15) is 0 Å². The summed E-state index contributed by atoms with van der Waals surface area (Å²) in [5.41, 5.74) is 5.80. The Morgan fingerprint density at radius 3 is 2.85 bits per heavy atom. The van der Waals surface area contributed by atoms with Gasteiger partial charge in [-0.15, -0.1) is 11.3 Å². The maximum atomic E-state index is 6.10. The number of aromatic nitrogens is 2. The van der Waals surface area contributed by atoms with Gasteiger partial charge in [0.15, 0.2) is 0 Å². The Labute approximate surface area is 122 Å². The number of nitrogens with two attached hydrogens (primary N) is 1. The number of likely N-dealkylation sites (tertiary alicyclic amines) is 1. The van der Waals surface area contributed by atoms with Crippen molar-refractivity contribution in [3.63, 3.8) is 0 Å². The van der Waals surface area contributed by atoms with Gasteiger partial charge in [0.25, 0.3) is 0 Å². The second kappa shape index (κ2) is 5.54. The lowest BCUT2D eigenvalue weighted by Crippen LogP contribution is -2.35. The van der Waals surface area contributed by atoms with E-state index in [4.69, 9.17) is 10.5 Å². The average Bonchev–Trinajstić information content (AvgIpc) is 2.84. The van der Waals surface area contributed by atoms with Gasteiger partial charge in [0.2, 0.25) is 11.8 Å². The summed E-state index contributed by atoms with van der Waals surface area (Å²) in [6.07, 6.45) is 3.29. The van der Waals surface area contributed by atoms with Crippen LogP contribution in [0.1, 0.15) is 24.6 Å². The van der Waals surface area contributed by atoms with Crippen LogP contribution >= 0.6 is 11.3 Å². The summed E-state index contributed by atoms with van der Waals surface area (Å²) in [4.78, 5) is 13.1. The maximum Gasteiger partial charge on any atom is 0.227 e. The number of thiophene rings is 1. The summed E-state index contributed by atoms with van der Waals surface area (Å²) in [5.74, 6) is 0.947. The fourth-order valence-corrected chi connectivity index (χ4v) is 3.45. The predicted molar refractivity (Wildman–Crippen MR) is 82.4 cm³/mol. The van der Waals surface area contributed by atoms with Gasteiger partial charge in [-0.05, 0) is 32.4 Å². The molecule has 20 heavy (non-hydrogen) atoms. The first-order valence-corrected chi connectivity index (χ1v) is 7.88. The van der Waals surface area contributed by atoms with Crippen molar-refractivity contribution in [3.8, 4) is 5.88 Å². The zero-order valence-corrected chi connectivity index (χ0v) is 12.7. The number of hydrogen-bond acceptors (Lipinski definition) is 6. The number of aryl methyl sites for hydroxylation is 1. The summed E-state index contributed by atoms with van der Waals surface area (Å²) in [6.45, 7) is 4.27. The Hall–Kier alpha value is -1.40. The molecule has 5 nitrogen and oxygen atoms in total. The van der Waals surface area contributed by atoms with Crippen molar-refractivity contribution in [3.05, 3.63) is 10.9 Å². The summed E-state index contributed by atoms with van der Waals surface area (Å²) >= 11 is 1.67. The molecule has 1 aliphatic heterocycles. The Balaban J connectivity index is 1.88. The van der Waals surface area contributed by atoms with Crippen LogP contribution in [0.25, 0.3) is 10.2 Å². The third-order valence-corrected chi connectivity index (χ3v) is 4.89. The topological polar surface area (TPSA) is 64.3 Å². The number of hydrogen-bond donors (Lipinski definition) is 1. The molecule has 0 aromatic carbocycles. The molecule has 0 atom stereocenters. The van der Waals surface area contributed by atoms with Crippen molar-refractivity contribution in [1.29, 1.82) is 0 Å². The fraction of sp³-hybridized carbons (Fsp3) is 0.571. The molecule has 0 bridgehead atoms. The van der Waals surface area contributed by atoms with Gasteiger partial charge in [-0.2, -0.15) is 4.98 Å². The predicted octanol–water partition coefficient (Wildman–Crippen LogP) is 2.31. The molecule has 0 amide bonds. The maximum absolute atomic E-state index is 6.10. The monoisotopic (exact) mass is 292 g/mol. The summed E-state index contributed by atoms with van der Waals surface area (Å²) < 4.78 is 6.10. The van der Waals surface area contributed by atoms with Gasteiger partial charge in [0.1, 0.15) is 10.9 Å². The van der Waals surface area contributed by atoms with Crippen LogP contribution in [-0.4, -0.2) is 41.1 Å². The summed E-state index contributed by atoms with van der Waals surface area (Å²) in [7, 11) is 2.14. The van der Waals surface area contributed by atoms with Crippen LogP contribution in [0.3, 0.4) is 0 Å². The standard InChI is InChI=1S/C14H20N4OS/c1-3-10-8-11-12(16-14(15)17-13(11)20-10)19-9-4-6-18(2)7-5-9/h8-9H,3-7H2,1-2H3,(H2,15,16,17). The molecule has 1 fully saturated rings. The van der Waals surface area contributed by atoms with Crippen LogP contribution < -0.4 is 10.5 Å². The van der Waals surface area contributed by atoms with Gasteiger partial charge in [0.05, 0.1) is 5.39 Å². The number of piperidine rings is 1. The minimum atomic E-state index is 0.230.